The van der Waals surface area contributed by atoms with E-state index in [0.717, 1.165) is 5.69 Å². The molecule has 7 heteroatoms. The molecule has 1 heterocycles. The minimum absolute atomic E-state index is 0.303. The number of nitrogens with one attached hydrogen (secondary N) is 1. The quantitative estimate of drug-likeness (QED) is 0.366. The van der Waals surface area contributed by atoms with E-state index in [2.05, 4.69) is 10.3 Å². The van der Waals surface area contributed by atoms with Crippen LogP contribution in [0.2, 0.25) is 5.02 Å². The Bertz CT molecular complexity index is 1190. The van der Waals surface area contributed by atoms with Gasteiger partial charge in [0.1, 0.15) is 5.75 Å². The summed E-state index contributed by atoms with van der Waals surface area (Å²) in [7, 11) is 0. The highest BCUT2D eigenvalue weighted by molar-refractivity contribution is 6.34. The standard InChI is InChI=1S/C23H16ClN3O3/c24-20-9-5-4-8-19(20)22(28)26-16-10-12-18(13-11-16)30-23(29)21-14-25-15-27(21)17-6-2-1-3-7-17/h1-15H,(H,26,28). The van der Waals surface area contributed by atoms with Crippen LogP contribution in [0.5, 0.6) is 5.75 Å². The maximum atomic E-state index is 12.6. The number of hydrogen-bond donors (Lipinski definition) is 1. The smallest absolute Gasteiger partial charge is 0.362 e. The third-order valence-electron chi connectivity index (χ3n) is 4.32. The number of rotatable bonds is 5. The first-order valence-corrected chi connectivity index (χ1v) is 9.45. The van der Waals surface area contributed by atoms with Crippen molar-refractivity contribution in [2.45, 2.75) is 0 Å². The Morgan fingerprint density at radius 3 is 2.33 bits per heavy atom. The molecule has 148 valence electrons. The number of aromatic nitrogens is 2. The zero-order chi connectivity index (χ0) is 20.9. The average Bonchev–Trinajstić information content (AvgIpc) is 3.26. The number of amides is 1. The maximum absolute atomic E-state index is 12.6. The van der Waals surface area contributed by atoms with Gasteiger partial charge in [-0.3, -0.25) is 9.36 Å². The van der Waals surface area contributed by atoms with E-state index in [0.29, 0.717) is 27.7 Å². The van der Waals surface area contributed by atoms with E-state index in [1.54, 1.807) is 59.4 Å². The van der Waals surface area contributed by atoms with E-state index in [1.807, 2.05) is 30.3 Å². The third kappa shape index (κ3) is 4.24. The summed E-state index contributed by atoms with van der Waals surface area (Å²) in [6.45, 7) is 0. The highest BCUT2D eigenvalue weighted by atomic mass is 35.5. The second-order valence-electron chi connectivity index (χ2n) is 6.33. The fraction of sp³-hybridized carbons (Fsp3) is 0. The van der Waals surface area contributed by atoms with Crippen molar-refractivity contribution in [3.63, 3.8) is 0 Å². The van der Waals surface area contributed by atoms with Gasteiger partial charge in [0, 0.05) is 11.4 Å². The largest absolute Gasteiger partial charge is 0.422 e. The van der Waals surface area contributed by atoms with Crippen molar-refractivity contribution < 1.29 is 14.3 Å². The Balaban J connectivity index is 1.44. The molecule has 6 nitrogen and oxygen atoms in total. The van der Waals surface area contributed by atoms with Gasteiger partial charge in [0.2, 0.25) is 0 Å². The second kappa shape index (κ2) is 8.63. The van der Waals surface area contributed by atoms with E-state index in [1.165, 1.54) is 6.20 Å². The zero-order valence-corrected chi connectivity index (χ0v) is 16.4. The summed E-state index contributed by atoms with van der Waals surface area (Å²) in [5, 5.41) is 3.13. The molecule has 0 aliphatic heterocycles. The Morgan fingerprint density at radius 1 is 0.900 bits per heavy atom. The molecule has 0 bridgehead atoms. The second-order valence-corrected chi connectivity index (χ2v) is 6.74. The van der Waals surface area contributed by atoms with Crippen molar-refractivity contribution >= 4 is 29.2 Å². The van der Waals surface area contributed by atoms with Crippen molar-refractivity contribution in [1.82, 2.24) is 9.55 Å². The van der Waals surface area contributed by atoms with Gasteiger partial charge in [-0.2, -0.15) is 0 Å². The molecule has 1 N–H and O–H groups in total. The number of hydrogen-bond acceptors (Lipinski definition) is 4. The summed E-state index contributed by atoms with van der Waals surface area (Å²) in [5.74, 6) is -0.516. The van der Waals surface area contributed by atoms with Crippen LogP contribution in [0.3, 0.4) is 0 Å². The van der Waals surface area contributed by atoms with Crippen molar-refractivity contribution in [1.29, 1.82) is 0 Å². The van der Waals surface area contributed by atoms with E-state index in [4.69, 9.17) is 16.3 Å². The van der Waals surface area contributed by atoms with Crippen LogP contribution < -0.4 is 10.1 Å². The van der Waals surface area contributed by atoms with Crippen LogP contribution in [0.4, 0.5) is 5.69 Å². The Hall–Kier alpha value is -3.90. The molecule has 0 aliphatic carbocycles. The van der Waals surface area contributed by atoms with Crippen LogP contribution in [0, 0.1) is 0 Å². The van der Waals surface area contributed by atoms with Gasteiger partial charge in [0.25, 0.3) is 5.91 Å². The van der Waals surface area contributed by atoms with Gasteiger partial charge >= 0.3 is 5.97 Å². The van der Waals surface area contributed by atoms with Gasteiger partial charge in [-0.05, 0) is 48.5 Å². The van der Waals surface area contributed by atoms with Gasteiger partial charge in [-0.15, -0.1) is 0 Å². The predicted octanol–water partition coefficient (Wildman–Crippen LogP) is 5.00. The molecule has 4 aromatic rings. The van der Waals surface area contributed by atoms with Crippen LogP contribution in [-0.4, -0.2) is 21.4 Å². The molecule has 0 fully saturated rings. The molecule has 1 aromatic heterocycles. The van der Waals surface area contributed by atoms with Crippen molar-refractivity contribution in [2.24, 2.45) is 0 Å². The monoisotopic (exact) mass is 417 g/mol. The van der Waals surface area contributed by atoms with E-state index in [9.17, 15) is 9.59 Å². The molecule has 3 aromatic carbocycles. The first kappa shape index (κ1) is 19.4. The molecular formula is C23H16ClN3O3. The number of ether oxygens (including phenoxy) is 1. The number of para-hydroxylation sites is 1. The molecule has 0 unspecified atom stereocenters. The van der Waals surface area contributed by atoms with Gasteiger partial charge in [-0.1, -0.05) is 41.9 Å². The summed E-state index contributed by atoms with van der Waals surface area (Å²) >= 11 is 6.05. The Kier molecular flexibility index (Phi) is 5.59. The summed E-state index contributed by atoms with van der Waals surface area (Å²) in [6.07, 6.45) is 3.01. The number of anilines is 1. The van der Waals surface area contributed by atoms with Gasteiger partial charge in [0.05, 0.1) is 23.1 Å². The molecule has 0 saturated heterocycles. The minimum Gasteiger partial charge on any atom is -0.422 e. The number of esters is 1. The molecule has 4 rings (SSSR count). The molecule has 1 amide bonds. The van der Waals surface area contributed by atoms with E-state index < -0.39 is 5.97 Å². The van der Waals surface area contributed by atoms with Crippen molar-refractivity contribution in [3.05, 3.63) is 108 Å². The van der Waals surface area contributed by atoms with Crippen molar-refractivity contribution in [2.75, 3.05) is 5.32 Å². The highest BCUT2D eigenvalue weighted by Crippen LogP contribution is 2.21. The molecule has 30 heavy (non-hydrogen) atoms. The lowest BCUT2D eigenvalue weighted by molar-refractivity contribution is 0.0726. The first-order valence-electron chi connectivity index (χ1n) is 9.08. The summed E-state index contributed by atoms with van der Waals surface area (Å²) < 4.78 is 7.10. The normalized spacial score (nSPS) is 10.4. The van der Waals surface area contributed by atoms with Gasteiger partial charge in [-0.25, -0.2) is 9.78 Å². The third-order valence-corrected chi connectivity index (χ3v) is 4.65. The fourth-order valence-electron chi connectivity index (χ4n) is 2.85. The molecule has 0 radical (unpaired) electrons. The lowest BCUT2D eigenvalue weighted by atomic mass is 10.2. The molecule has 0 spiro atoms. The summed E-state index contributed by atoms with van der Waals surface area (Å²) in [6, 6.07) is 22.7. The zero-order valence-electron chi connectivity index (χ0n) is 15.7. The summed E-state index contributed by atoms with van der Waals surface area (Å²) in [5.41, 5.74) is 2.04. The van der Waals surface area contributed by atoms with Crippen LogP contribution >= 0.6 is 11.6 Å². The van der Waals surface area contributed by atoms with Gasteiger partial charge < -0.3 is 10.1 Å². The number of nitrogens with zero attached hydrogens (tertiary/aromatic N) is 2. The lowest BCUT2D eigenvalue weighted by Gasteiger charge is -2.09. The van der Waals surface area contributed by atoms with Crippen LogP contribution in [0.1, 0.15) is 20.8 Å². The number of imidazole rings is 1. The minimum atomic E-state index is -0.538. The summed E-state index contributed by atoms with van der Waals surface area (Å²) in [4.78, 5) is 29.0. The highest BCUT2D eigenvalue weighted by Gasteiger charge is 2.16. The first-order chi connectivity index (χ1) is 14.6. The Labute approximate surface area is 177 Å². The van der Waals surface area contributed by atoms with E-state index in [-0.39, 0.29) is 5.91 Å². The number of benzene rings is 3. The van der Waals surface area contributed by atoms with Crippen LogP contribution in [0.15, 0.2) is 91.4 Å². The van der Waals surface area contributed by atoms with Crippen LogP contribution in [-0.2, 0) is 0 Å². The SMILES string of the molecule is O=C(Nc1ccc(OC(=O)c2cncn2-c2ccccc2)cc1)c1ccccc1Cl. The number of carbonyl (C=O) groups is 2. The van der Waals surface area contributed by atoms with Gasteiger partial charge in [0.15, 0.2) is 5.69 Å². The number of carbonyl (C=O) groups excluding carboxylic acids is 2. The predicted molar refractivity (Wildman–Crippen MR) is 114 cm³/mol. The molecular weight excluding hydrogens is 402 g/mol. The molecule has 0 aliphatic rings. The maximum Gasteiger partial charge on any atom is 0.362 e. The fourth-order valence-corrected chi connectivity index (χ4v) is 3.07. The topological polar surface area (TPSA) is 73.2 Å². The van der Waals surface area contributed by atoms with Crippen LogP contribution in [0.25, 0.3) is 5.69 Å². The Morgan fingerprint density at radius 2 is 1.60 bits per heavy atom. The van der Waals surface area contributed by atoms with Crippen molar-refractivity contribution in [3.8, 4) is 11.4 Å². The number of halogens is 1. The average molecular weight is 418 g/mol. The van der Waals surface area contributed by atoms with E-state index >= 15 is 0 Å². The lowest BCUT2D eigenvalue weighted by Crippen LogP contribution is -2.14. The molecule has 0 saturated carbocycles. The molecule has 0 atom stereocenters.